The van der Waals surface area contributed by atoms with Crippen LogP contribution in [0.2, 0.25) is 0 Å². The normalized spacial score (nSPS) is 26.1. The summed E-state index contributed by atoms with van der Waals surface area (Å²) < 4.78 is 0. The van der Waals surface area contributed by atoms with Gasteiger partial charge < -0.3 is 60.7 Å². The Morgan fingerprint density at radius 2 is 0.898 bits per heavy atom. The van der Waals surface area contributed by atoms with Gasteiger partial charge in [-0.3, -0.25) is 52.7 Å². The van der Waals surface area contributed by atoms with Gasteiger partial charge in [0.25, 0.3) is 0 Å². The highest BCUT2D eigenvalue weighted by atomic mass is 79.9. The summed E-state index contributed by atoms with van der Waals surface area (Å²) in [5.74, 6) is -9.71. The Morgan fingerprint density at radius 1 is 0.500 bits per heavy atom. The van der Waals surface area contributed by atoms with Gasteiger partial charge in [0, 0.05) is 49.3 Å². The van der Waals surface area contributed by atoms with E-state index in [0.717, 1.165) is 9.80 Å². The molecule has 0 saturated carbocycles. The molecule has 0 spiro atoms. The van der Waals surface area contributed by atoms with Crippen molar-refractivity contribution in [3.8, 4) is 0 Å². The number of carbonyl (C=O) groups excluding carboxylic acids is 11. The molecule has 1 aliphatic rings. The number of amides is 11. The molecule has 1 saturated heterocycles. The number of aliphatic hydroxyl groups is 1. The van der Waals surface area contributed by atoms with Crippen molar-refractivity contribution in [1.82, 2.24) is 55.6 Å². The number of carbonyl (C=O) groups is 11. The molecule has 24 heteroatoms. The predicted molar refractivity (Wildman–Crippen MR) is 348 cm³/mol. The molecule has 1 fully saturated rings. The van der Waals surface area contributed by atoms with Gasteiger partial charge in [-0.1, -0.05) is 132 Å². The molecule has 1 rings (SSSR count). The van der Waals surface area contributed by atoms with E-state index in [0.29, 0.717) is 6.42 Å². The number of halogens is 1. The van der Waals surface area contributed by atoms with Gasteiger partial charge in [0.15, 0.2) is 0 Å². The van der Waals surface area contributed by atoms with Crippen LogP contribution in [0.3, 0.4) is 0 Å². The molecular weight excluding hydrogens is 1190 g/mol. The molecule has 1 aliphatic heterocycles. The second-order valence-corrected chi connectivity index (χ2v) is 26.9. The standard InChI is InChI=1S/C62H111N11O12.C2H3Br/c1-25-27-28-40(15)52(75)51-56(79)65-43(26-2)58(81)67(18)33-48(74)68(19)44(29-34(3)4)55(78)66-49(38(11)12)61(84)69(20)45(30-35(5)6)54(77)63-41(16)53(76)64-42(17)57(80)70(21)46(31-36(7)8)59(82)71(22)47(32-37(9)10)60(83)72(23)50(39(13)14)62(85)73(51)24;1-2-3/h25,27,34-47,49-52,75H,26,28-33H2,1-24H3,(H,63,77)(H,64,76)(H,65,79)(H,66,78);2H,1H2/b27-25+;/t40-,41+,42-,43+,44+,45+,46+,47+,49+,50+,51+,52-;/m1./s1. The molecule has 11 amide bonds. The van der Waals surface area contributed by atoms with Gasteiger partial charge in [-0.2, -0.15) is 0 Å². The van der Waals surface area contributed by atoms with Crippen molar-refractivity contribution in [2.75, 3.05) is 55.9 Å². The summed E-state index contributed by atoms with van der Waals surface area (Å²) in [5, 5.41) is 23.1. The van der Waals surface area contributed by atoms with Gasteiger partial charge in [0.1, 0.15) is 60.4 Å². The average Bonchev–Trinajstić information content (AvgIpc) is 2.62. The second-order valence-electron chi connectivity index (χ2n) is 26.2. The number of hydrogen-bond acceptors (Lipinski definition) is 12. The first-order valence-electron chi connectivity index (χ1n) is 31.2. The van der Waals surface area contributed by atoms with Crippen LogP contribution in [-0.2, 0) is 52.7 Å². The molecule has 0 aromatic carbocycles. The molecule has 0 bridgehead atoms. The van der Waals surface area contributed by atoms with Crippen molar-refractivity contribution in [1.29, 1.82) is 0 Å². The van der Waals surface area contributed by atoms with Crippen LogP contribution in [0.5, 0.6) is 0 Å². The average molecular weight is 1310 g/mol. The highest BCUT2D eigenvalue weighted by Gasteiger charge is 2.45. The van der Waals surface area contributed by atoms with E-state index in [2.05, 4.69) is 43.8 Å². The van der Waals surface area contributed by atoms with Crippen LogP contribution in [0.4, 0.5) is 0 Å². The maximum atomic E-state index is 15.1. The lowest BCUT2D eigenvalue weighted by atomic mass is 9.91. The highest BCUT2D eigenvalue weighted by molar-refractivity contribution is 9.11. The van der Waals surface area contributed by atoms with Crippen LogP contribution in [0.1, 0.15) is 156 Å². The minimum Gasteiger partial charge on any atom is -0.390 e. The summed E-state index contributed by atoms with van der Waals surface area (Å²) >= 11 is 2.91. The fourth-order valence-electron chi connectivity index (χ4n) is 10.7. The Bertz CT molecular complexity index is 2380. The van der Waals surface area contributed by atoms with Gasteiger partial charge in [-0.15, -0.1) is 0 Å². The van der Waals surface area contributed by atoms with Crippen LogP contribution in [0.15, 0.2) is 23.7 Å². The van der Waals surface area contributed by atoms with Crippen LogP contribution in [-0.4, -0.2) is 227 Å². The molecule has 0 radical (unpaired) electrons. The third-order valence-corrected chi connectivity index (χ3v) is 16.1. The van der Waals surface area contributed by atoms with E-state index in [1.165, 1.54) is 87.7 Å². The number of likely N-dealkylation sites (N-methyl/N-ethyl adjacent to an activating group) is 7. The van der Waals surface area contributed by atoms with E-state index < -0.39 is 156 Å². The fourth-order valence-corrected chi connectivity index (χ4v) is 10.7. The molecule has 12 atom stereocenters. The number of aliphatic hydroxyl groups excluding tert-OH is 1. The van der Waals surface area contributed by atoms with Crippen LogP contribution < -0.4 is 21.3 Å². The van der Waals surface area contributed by atoms with E-state index in [-0.39, 0.29) is 55.8 Å². The molecule has 0 aromatic heterocycles. The summed E-state index contributed by atoms with van der Waals surface area (Å²) in [6, 6.07) is -12.3. The third kappa shape index (κ3) is 24.1. The first kappa shape index (κ1) is 82.1. The minimum absolute atomic E-state index is 0.0229. The maximum absolute atomic E-state index is 15.1. The first-order valence-corrected chi connectivity index (χ1v) is 32.1. The van der Waals surface area contributed by atoms with Gasteiger partial charge in [0.2, 0.25) is 65.0 Å². The zero-order valence-electron chi connectivity index (χ0n) is 57.7. The zero-order valence-corrected chi connectivity index (χ0v) is 59.3. The summed E-state index contributed by atoms with van der Waals surface area (Å²) in [7, 11) is 9.92. The molecule has 23 nitrogen and oxygen atoms in total. The van der Waals surface area contributed by atoms with E-state index in [1.54, 1.807) is 59.5 Å². The smallest absolute Gasteiger partial charge is 0.246 e. The second kappa shape index (κ2) is 38.6. The van der Waals surface area contributed by atoms with Crippen molar-refractivity contribution >= 4 is 80.9 Å². The topological polar surface area (TPSA) is 279 Å². The Balaban J connectivity index is 0.0000247. The lowest BCUT2D eigenvalue weighted by molar-refractivity contribution is -0.157. The van der Waals surface area contributed by atoms with Gasteiger partial charge in [-0.25, -0.2) is 0 Å². The molecular formula is C64H114BrN11O12. The number of hydrogen-bond donors (Lipinski definition) is 5. The molecule has 0 aromatic rings. The fraction of sp³-hybridized carbons (Fsp3) is 0.766. The molecule has 0 aliphatic carbocycles. The number of nitrogens with one attached hydrogen (secondary N) is 4. The van der Waals surface area contributed by atoms with E-state index in [1.807, 2.05) is 61.5 Å². The highest BCUT2D eigenvalue weighted by Crippen LogP contribution is 2.26. The van der Waals surface area contributed by atoms with Crippen LogP contribution >= 0.6 is 15.9 Å². The lowest BCUT2D eigenvalue weighted by Crippen LogP contribution is -2.63. The monoisotopic (exact) mass is 1310 g/mol. The summed E-state index contributed by atoms with van der Waals surface area (Å²) in [6.07, 6.45) is 3.04. The molecule has 0 unspecified atom stereocenters. The predicted octanol–water partition coefficient (Wildman–Crippen LogP) is 4.79. The quantitative estimate of drug-likeness (QED) is 0.139. The zero-order chi connectivity index (χ0) is 68.7. The third-order valence-electron chi connectivity index (χ3n) is 16.1. The molecule has 1 heterocycles. The number of nitrogens with zero attached hydrogens (tertiary/aromatic N) is 7. The van der Waals surface area contributed by atoms with Gasteiger partial charge in [-0.05, 0) is 106 Å². The van der Waals surface area contributed by atoms with Crippen molar-refractivity contribution < 1.29 is 57.8 Å². The van der Waals surface area contributed by atoms with Crippen LogP contribution in [0, 0.1) is 41.4 Å². The molecule has 504 valence electrons. The van der Waals surface area contributed by atoms with Crippen molar-refractivity contribution in [2.45, 2.75) is 223 Å². The Labute approximate surface area is 535 Å². The lowest BCUT2D eigenvalue weighted by Gasteiger charge is -2.41. The maximum Gasteiger partial charge on any atom is 0.246 e. The van der Waals surface area contributed by atoms with Crippen molar-refractivity contribution in [3.05, 3.63) is 23.7 Å². The van der Waals surface area contributed by atoms with E-state index >= 15 is 9.59 Å². The molecule has 5 N–H and O–H groups in total. The first-order chi connectivity index (χ1) is 40.6. The van der Waals surface area contributed by atoms with Crippen molar-refractivity contribution in [3.63, 3.8) is 0 Å². The summed E-state index contributed by atoms with van der Waals surface area (Å²) in [4.78, 5) is 170. The Kier molecular flexibility index (Phi) is 36.0. The largest absolute Gasteiger partial charge is 0.390 e. The molecule has 88 heavy (non-hydrogen) atoms. The number of allylic oxidation sites excluding steroid dienone is 2. The minimum atomic E-state index is -1.61. The number of rotatable bonds is 15. The SMILES string of the molecule is C/C=C/C[C@@H](C)[C@@H](O)[C@H]1C(=O)N[C@@H](CC)C(=O)N(C)CC(=O)N(C)[C@@H](CC(C)C)C(=O)N[C@@H](C(C)C)C(=O)N(C)[C@@H](CC(C)C)C(=O)N[C@@H](C)C(=O)N[C@H](C)C(=O)N(C)[C@@H](CC(C)C)C(=O)N(C)[C@@H](CC(C)C)C(=O)N(C)[C@@H](C(C)C)C(=O)N1C.C=CBr. The van der Waals surface area contributed by atoms with Crippen molar-refractivity contribution in [2.24, 2.45) is 41.4 Å². The van der Waals surface area contributed by atoms with Gasteiger partial charge >= 0.3 is 0 Å². The Morgan fingerprint density at radius 3 is 1.33 bits per heavy atom. The van der Waals surface area contributed by atoms with Gasteiger partial charge in [0.05, 0.1) is 12.6 Å². The van der Waals surface area contributed by atoms with E-state index in [9.17, 15) is 48.3 Å². The van der Waals surface area contributed by atoms with E-state index in [4.69, 9.17) is 0 Å². The summed E-state index contributed by atoms with van der Waals surface area (Å²) in [5.41, 5.74) is 0. The summed E-state index contributed by atoms with van der Waals surface area (Å²) in [6.45, 7) is 32.6. The van der Waals surface area contributed by atoms with Crippen LogP contribution in [0.25, 0.3) is 0 Å². The Hall–Kier alpha value is -5.91.